The third-order valence-electron chi connectivity index (χ3n) is 5.09. The summed E-state index contributed by atoms with van der Waals surface area (Å²) in [5.41, 5.74) is 2.44. The quantitative estimate of drug-likeness (QED) is 0.762. The number of carbonyl (C=O) groups is 1. The fourth-order valence-electron chi connectivity index (χ4n) is 3.65. The fourth-order valence-corrected chi connectivity index (χ4v) is 3.65. The summed E-state index contributed by atoms with van der Waals surface area (Å²) in [6.45, 7) is 5.19. The maximum atomic E-state index is 12.5. The van der Waals surface area contributed by atoms with E-state index in [4.69, 9.17) is 0 Å². The zero-order chi connectivity index (χ0) is 17.5. The van der Waals surface area contributed by atoms with E-state index in [1.54, 1.807) is 0 Å². The van der Waals surface area contributed by atoms with E-state index in [-0.39, 0.29) is 19.7 Å². The Morgan fingerprint density at radius 2 is 1.62 bits per heavy atom. The lowest BCUT2D eigenvalue weighted by Crippen LogP contribution is -3.00. The van der Waals surface area contributed by atoms with Gasteiger partial charge in [-0.2, -0.15) is 0 Å². The summed E-state index contributed by atoms with van der Waals surface area (Å²) < 4.78 is 0. The predicted molar refractivity (Wildman–Crippen MR) is 105 cm³/mol. The van der Waals surface area contributed by atoms with Crippen LogP contribution in [-0.2, 0) is 11.2 Å². The van der Waals surface area contributed by atoms with Crippen LogP contribution in [0.15, 0.2) is 60.7 Å². The Labute approximate surface area is 164 Å². The lowest BCUT2D eigenvalue weighted by atomic mass is 10.0. The van der Waals surface area contributed by atoms with E-state index < -0.39 is 0 Å². The van der Waals surface area contributed by atoms with Gasteiger partial charge in [0.1, 0.15) is 0 Å². The van der Waals surface area contributed by atoms with Gasteiger partial charge in [-0.1, -0.05) is 55.5 Å². The number of halogens is 1. The smallest absolute Gasteiger partial charge is 1.00 e. The Bertz CT molecular complexity index is 661. The predicted octanol–water partition coefficient (Wildman–Crippen LogP) is 1.25. The number of carbonyl (C=O) groups excluding carboxylic acids is 1. The largest absolute Gasteiger partial charge is 1.00 e. The third-order valence-corrected chi connectivity index (χ3v) is 5.09. The van der Waals surface area contributed by atoms with Crippen LogP contribution in [0.2, 0.25) is 0 Å². The van der Waals surface area contributed by atoms with Gasteiger partial charge in [0, 0.05) is 37.8 Å². The van der Waals surface area contributed by atoms with Gasteiger partial charge in [0.2, 0.25) is 5.91 Å². The van der Waals surface area contributed by atoms with E-state index in [1.165, 1.54) is 5.56 Å². The maximum absolute atomic E-state index is 12.5. The van der Waals surface area contributed by atoms with Gasteiger partial charge >= 0.3 is 1.43 Å². The van der Waals surface area contributed by atoms with Crippen molar-refractivity contribution in [3.8, 4) is 0 Å². The molecule has 0 atom stereocenters. The second-order valence-corrected chi connectivity index (χ2v) is 6.76. The van der Waals surface area contributed by atoms with Crippen LogP contribution in [0.3, 0.4) is 0 Å². The van der Waals surface area contributed by atoms with Crippen molar-refractivity contribution >= 4 is 11.6 Å². The summed E-state index contributed by atoms with van der Waals surface area (Å²) in [5.74, 6) is 0.230. The Morgan fingerprint density at radius 1 is 1.04 bits per heavy atom. The van der Waals surface area contributed by atoms with Gasteiger partial charge in [0.25, 0.3) is 0 Å². The summed E-state index contributed by atoms with van der Waals surface area (Å²) in [7, 11) is 0. The van der Waals surface area contributed by atoms with Crippen LogP contribution >= 0.6 is 0 Å². The summed E-state index contributed by atoms with van der Waals surface area (Å²) in [6.07, 6.45) is 3.76. The Hall–Kier alpha value is -1.84. The zero-order valence-electron chi connectivity index (χ0n) is 16.5. The second kappa shape index (κ2) is 10.3. The second-order valence-electron chi connectivity index (χ2n) is 6.76. The maximum Gasteiger partial charge on any atom is 1.00 e. The van der Waals surface area contributed by atoms with Crippen LogP contribution in [0, 0.1) is 0 Å². The third kappa shape index (κ3) is 5.33. The van der Waals surface area contributed by atoms with Crippen molar-refractivity contribution in [1.82, 2.24) is 4.90 Å². The molecule has 2 aromatic rings. The van der Waals surface area contributed by atoms with Crippen molar-refractivity contribution in [1.29, 1.82) is 0 Å². The summed E-state index contributed by atoms with van der Waals surface area (Å²) in [6, 6.07) is 21.1. The monoisotopic (exact) mass is 372 g/mol. The van der Waals surface area contributed by atoms with Crippen molar-refractivity contribution in [2.45, 2.75) is 38.6 Å². The molecule has 3 rings (SSSR count). The van der Waals surface area contributed by atoms with Crippen molar-refractivity contribution in [2.75, 3.05) is 24.5 Å². The molecule has 1 aliphatic heterocycles. The van der Waals surface area contributed by atoms with E-state index in [2.05, 4.69) is 47.4 Å². The average Bonchev–Trinajstić information content (AvgIpc) is 2.69. The van der Waals surface area contributed by atoms with E-state index >= 15 is 0 Å². The zero-order valence-corrected chi connectivity index (χ0v) is 16.2. The van der Waals surface area contributed by atoms with Crippen LogP contribution in [0.1, 0.15) is 33.2 Å². The average molecular weight is 373 g/mol. The number of nitrogens with zero attached hydrogens (tertiary/aromatic N) is 2. The summed E-state index contributed by atoms with van der Waals surface area (Å²) in [4.78, 5) is 17.1. The number of anilines is 1. The van der Waals surface area contributed by atoms with Crippen LogP contribution in [0.25, 0.3) is 0 Å². The van der Waals surface area contributed by atoms with Crippen molar-refractivity contribution in [3.63, 3.8) is 0 Å². The number of likely N-dealkylation sites (tertiary alicyclic amines) is 1. The van der Waals surface area contributed by atoms with E-state index in [1.807, 2.05) is 30.0 Å². The van der Waals surface area contributed by atoms with E-state index in [0.29, 0.717) is 12.5 Å². The van der Waals surface area contributed by atoms with Crippen LogP contribution in [-0.4, -0.2) is 36.5 Å². The molecule has 4 heteroatoms. The number of benzene rings is 2. The molecule has 26 heavy (non-hydrogen) atoms. The topological polar surface area (TPSA) is 23.6 Å². The Kier molecular flexibility index (Phi) is 8.14. The molecule has 1 fully saturated rings. The molecule has 0 aliphatic carbocycles. The summed E-state index contributed by atoms with van der Waals surface area (Å²) >= 11 is 0. The number of hydrogen-bond acceptors (Lipinski definition) is 2. The van der Waals surface area contributed by atoms with E-state index in [0.717, 1.165) is 44.6 Å². The van der Waals surface area contributed by atoms with Gasteiger partial charge in [0.05, 0.1) is 0 Å². The first-order valence-electron chi connectivity index (χ1n) is 9.41. The number of piperidine rings is 1. The molecule has 1 aliphatic rings. The first-order chi connectivity index (χ1) is 12.3. The molecule has 0 aromatic heterocycles. The fraction of sp³-hybridized carbons (Fsp3) is 0.409. The number of hydrogen-bond donors (Lipinski definition) is 0. The molecule has 3 nitrogen and oxygen atoms in total. The molecular formula is C22H29ClN2O. The van der Waals surface area contributed by atoms with E-state index in [9.17, 15) is 4.79 Å². The van der Waals surface area contributed by atoms with Crippen molar-refractivity contribution in [3.05, 3.63) is 66.2 Å². The van der Waals surface area contributed by atoms with Gasteiger partial charge in [0.15, 0.2) is 0 Å². The number of amides is 1. The first kappa shape index (κ1) is 20.5. The standard InChI is InChI=1S/C22H28N2O.ClH/c1-2-22(25)24(20-11-7-4-8-12-20)21-14-17-23(18-15-21)16-13-19-9-5-3-6-10-19;/h3-12,21H,2,13-18H2,1H3;1H. The highest BCUT2D eigenvalue weighted by atomic mass is 35.5. The molecule has 1 amide bonds. The highest BCUT2D eigenvalue weighted by molar-refractivity contribution is 5.93. The number of para-hydroxylation sites is 1. The molecule has 0 radical (unpaired) electrons. The lowest BCUT2D eigenvalue weighted by molar-refractivity contribution is -0.119. The van der Waals surface area contributed by atoms with Crippen LogP contribution < -0.4 is 17.3 Å². The molecule has 0 saturated carbocycles. The number of rotatable bonds is 6. The minimum Gasteiger partial charge on any atom is -1.00 e. The van der Waals surface area contributed by atoms with Crippen molar-refractivity contribution in [2.24, 2.45) is 0 Å². The van der Waals surface area contributed by atoms with Gasteiger partial charge in [-0.05, 0) is 37.0 Å². The molecule has 0 bridgehead atoms. The minimum atomic E-state index is 0. The van der Waals surface area contributed by atoms with Crippen molar-refractivity contribution < 1.29 is 18.6 Å². The SMILES string of the molecule is CCC(=O)N(c1ccccc1)C1CCN(CCc2ccccc2)CC1.[Cl-].[H+]. The van der Waals surface area contributed by atoms with Gasteiger partial charge in [-0.3, -0.25) is 4.79 Å². The highest BCUT2D eigenvalue weighted by Gasteiger charge is 2.28. The van der Waals surface area contributed by atoms with Gasteiger partial charge in [-0.25, -0.2) is 0 Å². The Balaban J connectivity index is 0.00000182. The van der Waals surface area contributed by atoms with Crippen LogP contribution in [0.4, 0.5) is 5.69 Å². The first-order valence-corrected chi connectivity index (χ1v) is 9.41. The van der Waals surface area contributed by atoms with Gasteiger partial charge in [-0.15, -0.1) is 0 Å². The molecule has 2 aromatic carbocycles. The molecule has 1 heterocycles. The molecule has 0 spiro atoms. The molecule has 0 N–H and O–H groups in total. The van der Waals surface area contributed by atoms with Crippen LogP contribution in [0.5, 0.6) is 0 Å². The van der Waals surface area contributed by atoms with Gasteiger partial charge < -0.3 is 22.2 Å². The minimum absolute atomic E-state index is 0. The molecular weight excluding hydrogens is 344 g/mol. The highest BCUT2D eigenvalue weighted by Crippen LogP contribution is 2.24. The molecule has 0 unspecified atom stereocenters. The Morgan fingerprint density at radius 3 is 2.19 bits per heavy atom. The normalized spacial score (nSPS) is 15.3. The molecule has 1 saturated heterocycles. The molecule has 140 valence electrons. The summed E-state index contributed by atoms with van der Waals surface area (Å²) in [5, 5.41) is 0. The lowest BCUT2D eigenvalue weighted by Gasteiger charge is -2.38.